The second kappa shape index (κ2) is 8.64. The number of ketones is 1. The highest BCUT2D eigenvalue weighted by atomic mass is 79.9. The van der Waals surface area contributed by atoms with Gasteiger partial charge in [0.1, 0.15) is 5.78 Å². The molecule has 0 spiro atoms. The van der Waals surface area contributed by atoms with Gasteiger partial charge in [0.05, 0.1) is 16.7 Å². The van der Waals surface area contributed by atoms with Crippen molar-refractivity contribution in [2.45, 2.75) is 51.2 Å². The van der Waals surface area contributed by atoms with E-state index in [0.717, 1.165) is 23.7 Å². The molecule has 0 bridgehead atoms. The van der Waals surface area contributed by atoms with Gasteiger partial charge in [-0.3, -0.25) is 14.2 Å². The molecule has 0 aliphatic carbocycles. The van der Waals surface area contributed by atoms with Crippen molar-refractivity contribution in [1.29, 1.82) is 0 Å². The van der Waals surface area contributed by atoms with Crippen LogP contribution < -0.4 is 5.56 Å². The molecule has 4 nitrogen and oxygen atoms in total. The maximum absolute atomic E-state index is 12.8. The lowest BCUT2D eigenvalue weighted by atomic mass is 10.2. The third-order valence-electron chi connectivity index (χ3n) is 3.62. The Bertz CT molecular complexity index is 758. The molecular weight excluding hydrogens is 376 g/mol. The first-order chi connectivity index (χ1) is 11.1. The molecule has 2 rings (SSSR count). The fourth-order valence-corrected chi connectivity index (χ4v) is 3.60. The smallest absolute Gasteiger partial charge is 0.262 e. The van der Waals surface area contributed by atoms with Gasteiger partial charge in [-0.05, 0) is 24.6 Å². The fraction of sp³-hybridized carbons (Fsp3) is 0.471. The van der Waals surface area contributed by atoms with Gasteiger partial charge in [-0.1, -0.05) is 54.4 Å². The Hall–Kier alpha value is -1.14. The van der Waals surface area contributed by atoms with Crippen LogP contribution in [0.25, 0.3) is 10.9 Å². The fourth-order valence-electron chi connectivity index (χ4n) is 2.25. The number of halogens is 1. The van der Waals surface area contributed by atoms with E-state index >= 15 is 0 Å². The van der Waals surface area contributed by atoms with Crippen LogP contribution in [-0.2, 0) is 11.3 Å². The van der Waals surface area contributed by atoms with Gasteiger partial charge < -0.3 is 0 Å². The molecule has 0 N–H and O–H groups in total. The first-order valence-electron chi connectivity index (χ1n) is 7.91. The lowest BCUT2D eigenvalue weighted by molar-refractivity contribution is -0.116. The van der Waals surface area contributed by atoms with Crippen LogP contribution in [0.15, 0.2) is 32.6 Å². The number of thioether (sulfide) groups is 1. The number of aromatic nitrogens is 2. The zero-order valence-electron chi connectivity index (χ0n) is 13.5. The standard InChI is InChI=1S/C17H21BrN2O2S/c1-3-5-6-9-20-16(22)14-10-12(18)7-8-15(14)19-17(20)23-11-13(21)4-2/h7-8,10H,3-6,9,11H2,1-2H3. The van der Waals surface area contributed by atoms with E-state index in [2.05, 4.69) is 27.8 Å². The minimum absolute atomic E-state index is 0.0288. The van der Waals surface area contributed by atoms with Crippen molar-refractivity contribution in [2.75, 3.05) is 5.75 Å². The van der Waals surface area contributed by atoms with Crippen molar-refractivity contribution in [3.8, 4) is 0 Å². The maximum Gasteiger partial charge on any atom is 0.262 e. The number of hydrogen-bond acceptors (Lipinski definition) is 4. The first-order valence-corrected chi connectivity index (χ1v) is 9.69. The highest BCUT2D eigenvalue weighted by molar-refractivity contribution is 9.10. The SMILES string of the molecule is CCCCCn1c(SCC(=O)CC)nc2ccc(Br)cc2c1=O. The number of rotatable bonds is 8. The molecule has 124 valence electrons. The van der Waals surface area contributed by atoms with E-state index in [1.807, 2.05) is 25.1 Å². The van der Waals surface area contributed by atoms with Crippen LogP contribution >= 0.6 is 27.7 Å². The zero-order chi connectivity index (χ0) is 16.8. The molecule has 23 heavy (non-hydrogen) atoms. The lowest BCUT2D eigenvalue weighted by Crippen LogP contribution is -2.24. The van der Waals surface area contributed by atoms with Gasteiger partial charge >= 0.3 is 0 Å². The van der Waals surface area contributed by atoms with E-state index < -0.39 is 0 Å². The number of unbranched alkanes of at least 4 members (excludes halogenated alkanes) is 2. The van der Waals surface area contributed by atoms with E-state index in [-0.39, 0.29) is 11.3 Å². The van der Waals surface area contributed by atoms with E-state index in [1.165, 1.54) is 11.8 Å². The molecule has 0 atom stereocenters. The van der Waals surface area contributed by atoms with E-state index in [0.29, 0.717) is 34.8 Å². The summed E-state index contributed by atoms with van der Waals surface area (Å²) in [7, 11) is 0. The predicted molar refractivity (Wildman–Crippen MR) is 99.3 cm³/mol. The number of Topliss-reactive ketones (excluding diaryl/α,β-unsaturated/α-hetero) is 1. The lowest BCUT2D eigenvalue weighted by Gasteiger charge is -2.12. The van der Waals surface area contributed by atoms with Crippen molar-refractivity contribution < 1.29 is 4.79 Å². The average Bonchev–Trinajstić information content (AvgIpc) is 2.55. The van der Waals surface area contributed by atoms with E-state index in [4.69, 9.17) is 0 Å². The minimum atomic E-state index is -0.0288. The van der Waals surface area contributed by atoms with Gasteiger partial charge in [0.25, 0.3) is 5.56 Å². The summed E-state index contributed by atoms with van der Waals surface area (Å²) in [5.41, 5.74) is 0.648. The average molecular weight is 397 g/mol. The first kappa shape index (κ1) is 18.2. The van der Waals surface area contributed by atoms with Crippen LogP contribution in [0.1, 0.15) is 39.5 Å². The van der Waals surface area contributed by atoms with Crippen LogP contribution in [0.2, 0.25) is 0 Å². The minimum Gasteiger partial charge on any atom is -0.299 e. The molecule has 0 saturated heterocycles. The summed E-state index contributed by atoms with van der Waals surface area (Å²) >= 11 is 4.77. The van der Waals surface area contributed by atoms with Crippen LogP contribution in [0.3, 0.4) is 0 Å². The zero-order valence-corrected chi connectivity index (χ0v) is 15.9. The third-order valence-corrected chi connectivity index (χ3v) is 5.15. The predicted octanol–water partition coefficient (Wildman–Crippen LogP) is 4.42. The molecule has 0 unspecified atom stereocenters. The summed E-state index contributed by atoms with van der Waals surface area (Å²) < 4.78 is 2.59. The summed E-state index contributed by atoms with van der Waals surface area (Å²) in [5, 5.41) is 1.25. The van der Waals surface area contributed by atoms with Crippen molar-refractivity contribution in [3.05, 3.63) is 33.0 Å². The molecule has 6 heteroatoms. The molecule has 0 radical (unpaired) electrons. The largest absolute Gasteiger partial charge is 0.299 e. The Morgan fingerprint density at radius 1 is 1.30 bits per heavy atom. The Kier molecular flexibility index (Phi) is 6.84. The van der Waals surface area contributed by atoms with Crippen LogP contribution in [-0.4, -0.2) is 21.1 Å². The Labute approximate surface area is 148 Å². The van der Waals surface area contributed by atoms with Crippen molar-refractivity contribution in [2.24, 2.45) is 0 Å². The second-order valence-corrected chi connectivity index (χ2v) is 7.26. The van der Waals surface area contributed by atoms with Crippen LogP contribution in [0, 0.1) is 0 Å². The maximum atomic E-state index is 12.8. The summed E-state index contributed by atoms with van der Waals surface area (Å²) in [5.74, 6) is 0.527. The summed E-state index contributed by atoms with van der Waals surface area (Å²) in [6.07, 6.45) is 3.61. The molecule has 1 aromatic carbocycles. The second-order valence-electron chi connectivity index (χ2n) is 5.40. The van der Waals surface area contributed by atoms with Gasteiger partial charge in [-0.25, -0.2) is 4.98 Å². The van der Waals surface area contributed by atoms with Gasteiger partial charge in [0.2, 0.25) is 0 Å². The number of fused-ring (bicyclic) bond motifs is 1. The van der Waals surface area contributed by atoms with Gasteiger partial charge in [-0.15, -0.1) is 0 Å². The molecule has 0 aliphatic heterocycles. The highest BCUT2D eigenvalue weighted by Crippen LogP contribution is 2.21. The number of nitrogens with zero attached hydrogens (tertiary/aromatic N) is 2. The molecule has 0 aliphatic rings. The van der Waals surface area contributed by atoms with Crippen molar-refractivity contribution in [1.82, 2.24) is 9.55 Å². The highest BCUT2D eigenvalue weighted by Gasteiger charge is 2.13. The van der Waals surface area contributed by atoms with Gasteiger partial charge in [-0.2, -0.15) is 0 Å². The number of carbonyl (C=O) groups excluding carboxylic acids is 1. The topological polar surface area (TPSA) is 52.0 Å². The monoisotopic (exact) mass is 396 g/mol. The molecule has 1 aromatic heterocycles. The van der Waals surface area contributed by atoms with Crippen LogP contribution in [0.4, 0.5) is 0 Å². The summed E-state index contributed by atoms with van der Waals surface area (Å²) in [6.45, 7) is 4.63. The van der Waals surface area contributed by atoms with Crippen molar-refractivity contribution >= 4 is 44.4 Å². The molecule has 0 saturated carbocycles. The van der Waals surface area contributed by atoms with Crippen molar-refractivity contribution in [3.63, 3.8) is 0 Å². The number of carbonyl (C=O) groups is 1. The molecule has 0 amide bonds. The Balaban J connectivity index is 2.44. The third kappa shape index (κ3) is 4.67. The quantitative estimate of drug-likeness (QED) is 0.376. The summed E-state index contributed by atoms with van der Waals surface area (Å²) in [4.78, 5) is 29.0. The van der Waals surface area contributed by atoms with Gasteiger partial charge in [0, 0.05) is 17.4 Å². The van der Waals surface area contributed by atoms with E-state index in [1.54, 1.807) is 4.57 Å². The summed E-state index contributed by atoms with van der Waals surface area (Å²) in [6, 6.07) is 5.53. The number of hydrogen-bond donors (Lipinski definition) is 0. The molecular formula is C17H21BrN2O2S. The Morgan fingerprint density at radius 3 is 2.78 bits per heavy atom. The molecule has 1 heterocycles. The van der Waals surface area contributed by atoms with Gasteiger partial charge in [0.15, 0.2) is 5.16 Å². The molecule has 2 aromatic rings. The van der Waals surface area contributed by atoms with Crippen LogP contribution in [0.5, 0.6) is 0 Å². The normalized spacial score (nSPS) is 11.1. The van der Waals surface area contributed by atoms with E-state index in [9.17, 15) is 9.59 Å². The molecule has 0 fully saturated rings. The Morgan fingerprint density at radius 2 is 2.09 bits per heavy atom. The number of benzene rings is 1.